The lowest BCUT2D eigenvalue weighted by Crippen LogP contribution is -2.43. The molecule has 0 aliphatic carbocycles. The summed E-state index contributed by atoms with van der Waals surface area (Å²) in [5, 5.41) is 11.8. The SMILES string of the molecule is Nc1nc(N2CCC(O)(c3ccccc3)CC2)nc2ccccc12. The Balaban J connectivity index is 1.58. The van der Waals surface area contributed by atoms with E-state index >= 15 is 0 Å². The van der Waals surface area contributed by atoms with Crippen molar-refractivity contribution >= 4 is 22.7 Å². The van der Waals surface area contributed by atoms with Crippen LogP contribution in [0, 0.1) is 0 Å². The van der Waals surface area contributed by atoms with Crippen LogP contribution in [0.1, 0.15) is 18.4 Å². The largest absolute Gasteiger partial charge is 0.385 e. The van der Waals surface area contributed by atoms with Crippen molar-refractivity contribution in [1.29, 1.82) is 0 Å². The lowest BCUT2D eigenvalue weighted by molar-refractivity contribution is 0.0115. The Morgan fingerprint density at radius 2 is 1.58 bits per heavy atom. The Bertz CT molecular complexity index is 858. The minimum absolute atomic E-state index is 0.500. The van der Waals surface area contributed by atoms with Gasteiger partial charge in [-0.05, 0) is 30.5 Å². The third-order valence-electron chi connectivity index (χ3n) is 4.81. The number of nitrogens with two attached hydrogens (primary N) is 1. The number of anilines is 2. The molecule has 1 aromatic heterocycles. The Kier molecular flexibility index (Phi) is 3.58. The number of aliphatic hydroxyl groups is 1. The quantitative estimate of drug-likeness (QED) is 0.759. The molecule has 0 unspecified atom stereocenters. The molecule has 24 heavy (non-hydrogen) atoms. The van der Waals surface area contributed by atoms with Gasteiger partial charge in [-0.3, -0.25) is 0 Å². The zero-order valence-electron chi connectivity index (χ0n) is 13.4. The van der Waals surface area contributed by atoms with Gasteiger partial charge >= 0.3 is 0 Å². The minimum Gasteiger partial charge on any atom is -0.385 e. The highest BCUT2D eigenvalue weighted by atomic mass is 16.3. The van der Waals surface area contributed by atoms with Gasteiger partial charge in [-0.25, -0.2) is 4.98 Å². The summed E-state index contributed by atoms with van der Waals surface area (Å²) in [5.41, 5.74) is 7.13. The summed E-state index contributed by atoms with van der Waals surface area (Å²) in [4.78, 5) is 11.2. The number of piperidine rings is 1. The number of benzene rings is 2. The van der Waals surface area contributed by atoms with Crippen LogP contribution in [0.5, 0.6) is 0 Å². The molecule has 5 nitrogen and oxygen atoms in total. The minimum atomic E-state index is -0.778. The molecule has 2 aromatic carbocycles. The fraction of sp³-hybridized carbons (Fsp3) is 0.263. The van der Waals surface area contributed by atoms with E-state index in [1.165, 1.54) is 0 Å². The van der Waals surface area contributed by atoms with Gasteiger partial charge in [0.1, 0.15) is 5.82 Å². The van der Waals surface area contributed by atoms with E-state index < -0.39 is 5.60 Å². The number of nitrogens with zero attached hydrogens (tertiary/aromatic N) is 3. The number of hydrogen-bond acceptors (Lipinski definition) is 5. The molecule has 0 radical (unpaired) electrons. The number of aromatic nitrogens is 2. The maximum Gasteiger partial charge on any atom is 0.227 e. The summed E-state index contributed by atoms with van der Waals surface area (Å²) >= 11 is 0. The van der Waals surface area contributed by atoms with Crippen molar-refractivity contribution in [2.45, 2.75) is 18.4 Å². The Morgan fingerprint density at radius 3 is 2.33 bits per heavy atom. The van der Waals surface area contributed by atoms with Crippen molar-refractivity contribution in [2.24, 2.45) is 0 Å². The predicted molar refractivity (Wildman–Crippen MR) is 95.7 cm³/mol. The first-order valence-electron chi connectivity index (χ1n) is 8.21. The summed E-state index contributed by atoms with van der Waals surface area (Å²) < 4.78 is 0. The van der Waals surface area contributed by atoms with Crippen LogP contribution < -0.4 is 10.6 Å². The molecular formula is C19H20N4O. The first-order chi connectivity index (χ1) is 11.7. The van der Waals surface area contributed by atoms with Crippen LogP contribution in [-0.2, 0) is 5.60 Å². The van der Waals surface area contributed by atoms with E-state index in [9.17, 15) is 5.11 Å². The second kappa shape index (κ2) is 5.76. The Labute approximate surface area is 140 Å². The van der Waals surface area contributed by atoms with Gasteiger partial charge in [-0.15, -0.1) is 0 Å². The summed E-state index contributed by atoms with van der Waals surface area (Å²) in [7, 11) is 0. The monoisotopic (exact) mass is 320 g/mol. The van der Waals surface area contributed by atoms with E-state index in [4.69, 9.17) is 5.73 Å². The highest BCUT2D eigenvalue weighted by Crippen LogP contribution is 2.34. The van der Waals surface area contributed by atoms with Gasteiger partial charge in [-0.1, -0.05) is 42.5 Å². The third kappa shape index (κ3) is 2.57. The van der Waals surface area contributed by atoms with Gasteiger partial charge < -0.3 is 15.7 Å². The van der Waals surface area contributed by atoms with Crippen LogP contribution in [-0.4, -0.2) is 28.2 Å². The lowest BCUT2D eigenvalue weighted by atomic mass is 9.84. The molecule has 0 bridgehead atoms. The molecule has 1 saturated heterocycles. The molecule has 122 valence electrons. The van der Waals surface area contributed by atoms with Gasteiger partial charge in [0.05, 0.1) is 11.1 Å². The average molecular weight is 320 g/mol. The fourth-order valence-electron chi connectivity index (χ4n) is 3.34. The molecule has 0 saturated carbocycles. The molecule has 1 aliphatic rings. The van der Waals surface area contributed by atoms with Crippen molar-refractivity contribution in [2.75, 3.05) is 23.7 Å². The standard InChI is InChI=1S/C19H20N4O/c20-17-15-8-4-5-9-16(15)21-18(22-17)23-12-10-19(24,11-13-23)14-6-2-1-3-7-14/h1-9,24H,10-13H2,(H2,20,21,22). The van der Waals surface area contributed by atoms with Crippen LogP contribution in [0.25, 0.3) is 10.9 Å². The normalized spacial score (nSPS) is 17.1. The second-order valence-corrected chi connectivity index (χ2v) is 6.31. The van der Waals surface area contributed by atoms with Crippen LogP contribution in [0.3, 0.4) is 0 Å². The van der Waals surface area contributed by atoms with Crippen LogP contribution in [0.4, 0.5) is 11.8 Å². The van der Waals surface area contributed by atoms with Gasteiger partial charge in [0.25, 0.3) is 0 Å². The second-order valence-electron chi connectivity index (χ2n) is 6.31. The van der Waals surface area contributed by atoms with Crippen LogP contribution >= 0.6 is 0 Å². The lowest BCUT2D eigenvalue weighted by Gasteiger charge is -2.38. The summed E-state index contributed by atoms with van der Waals surface area (Å²) in [5.74, 6) is 1.14. The summed E-state index contributed by atoms with van der Waals surface area (Å²) in [6.45, 7) is 1.40. The van der Waals surface area contributed by atoms with E-state index in [1.54, 1.807) is 0 Å². The fourth-order valence-corrected chi connectivity index (χ4v) is 3.34. The number of hydrogen-bond donors (Lipinski definition) is 2. The molecule has 4 rings (SSSR count). The van der Waals surface area contributed by atoms with Crippen LogP contribution in [0.2, 0.25) is 0 Å². The molecule has 1 aliphatic heterocycles. The maximum absolute atomic E-state index is 10.9. The molecule has 5 heteroatoms. The predicted octanol–water partition coefficient (Wildman–Crippen LogP) is 2.70. The highest BCUT2D eigenvalue weighted by Gasteiger charge is 2.34. The van der Waals surface area contributed by atoms with Gasteiger partial charge in [-0.2, -0.15) is 4.98 Å². The van der Waals surface area contributed by atoms with E-state index in [0.717, 1.165) is 16.5 Å². The molecule has 0 amide bonds. The zero-order chi connectivity index (χ0) is 16.6. The van der Waals surface area contributed by atoms with E-state index in [0.29, 0.717) is 37.7 Å². The maximum atomic E-state index is 10.9. The molecular weight excluding hydrogens is 300 g/mol. The van der Waals surface area contributed by atoms with Gasteiger partial charge in [0.2, 0.25) is 5.95 Å². The van der Waals surface area contributed by atoms with E-state index in [2.05, 4.69) is 14.9 Å². The first-order valence-corrected chi connectivity index (χ1v) is 8.21. The zero-order valence-corrected chi connectivity index (χ0v) is 13.4. The average Bonchev–Trinajstić information content (AvgIpc) is 2.63. The number of rotatable bonds is 2. The van der Waals surface area contributed by atoms with Gasteiger partial charge in [0.15, 0.2) is 0 Å². The van der Waals surface area contributed by atoms with Crippen molar-refractivity contribution in [3.8, 4) is 0 Å². The third-order valence-corrected chi connectivity index (χ3v) is 4.81. The molecule has 1 fully saturated rings. The van der Waals surface area contributed by atoms with Crippen LogP contribution in [0.15, 0.2) is 54.6 Å². The molecule has 3 N–H and O–H groups in total. The Morgan fingerprint density at radius 1 is 0.917 bits per heavy atom. The number of fused-ring (bicyclic) bond motifs is 1. The van der Waals surface area contributed by atoms with Crippen molar-refractivity contribution < 1.29 is 5.11 Å². The Hall–Kier alpha value is -2.66. The molecule has 0 spiro atoms. The van der Waals surface area contributed by atoms with E-state index in [-0.39, 0.29) is 0 Å². The van der Waals surface area contributed by atoms with Crippen molar-refractivity contribution in [1.82, 2.24) is 9.97 Å². The van der Waals surface area contributed by atoms with Crippen molar-refractivity contribution in [3.63, 3.8) is 0 Å². The summed E-state index contributed by atoms with van der Waals surface area (Å²) in [6, 6.07) is 17.6. The summed E-state index contributed by atoms with van der Waals surface area (Å²) in [6.07, 6.45) is 1.29. The first kappa shape index (κ1) is 14.9. The highest BCUT2D eigenvalue weighted by molar-refractivity contribution is 5.88. The number of nitrogen functional groups attached to an aromatic ring is 1. The van der Waals surface area contributed by atoms with Gasteiger partial charge in [0, 0.05) is 18.5 Å². The molecule has 3 aromatic rings. The molecule has 0 atom stereocenters. The van der Waals surface area contributed by atoms with E-state index in [1.807, 2.05) is 54.6 Å². The molecule has 2 heterocycles. The number of para-hydroxylation sites is 1. The topological polar surface area (TPSA) is 75.3 Å². The smallest absolute Gasteiger partial charge is 0.227 e. The van der Waals surface area contributed by atoms with Crippen molar-refractivity contribution in [3.05, 3.63) is 60.2 Å².